The van der Waals surface area contributed by atoms with Crippen LogP contribution in [0.25, 0.3) is 0 Å². The van der Waals surface area contributed by atoms with Crippen molar-refractivity contribution >= 4 is 18.3 Å². The molecule has 6 nitrogen and oxygen atoms in total. The Labute approximate surface area is 165 Å². The summed E-state index contributed by atoms with van der Waals surface area (Å²) in [5.74, 6) is 2.00. The summed E-state index contributed by atoms with van der Waals surface area (Å²) in [6, 6.07) is 14.8. The highest BCUT2D eigenvalue weighted by Crippen LogP contribution is 2.30. The van der Waals surface area contributed by atoms with Gasteiger partial charge in [-0.15, -0.1) is 12.4 Å². The van der Waals surface area contributed by atoms with Gasteiger partial charge in [0.25, 0.3) is 0 Å². The van der Waals surface area contributed by atoms with Gasteiger partial charge in [-0.25, -0.2) is 0 Å². The number of benzene rings is 2. The van der Waals surface area contributed by atoms with E-state index < -0.39 is 0 Å². The van der Waals surface area contributed by atoms with Crippen molar-refractivity contribution in [2.45, 2.75) is 25.6 Å². The van der Waals surface area contributed by atoms with E-state index in [1.165, 1.54) is 0 Å². The van der Waals surface area contributed by atoms with Crippen LogP contribution in [0, 0.1) is 0 Å². The Morgan fingerprint density at radius 3 is 2.56 bits per heavy atom. The van der Waals surface area contributed by atoms with Gasteiger partial charge in [-0.2, -0.15) is 0 Å². The Kier molecular flexibility index (Phi) is 7.91. The number of amides is 1. The topological polar surface area (TPSA) is 68.8 Å². The SMILES string of the molecule is COc1ccccc1Oc1ccc(CNC(=O)[C@H]2NCCO[C@@H]2C)cc1.Cl. The first kappa shape index (κ1) is 21.0. The smallest absolute Gasteiger partial charge is 0.240 e. The van der Waals surface area contributed by atoms with Crippen LogP contribution in [0.15, 0.2) is 48.5 Å². The summed E-state index contributed by atoms with van der Waals surface area (Å²) in [5, 5.41) is 6.13. The van der Waals surface area contributed by atoms with Gasteiger partial charge >= 0.3 is 0 Å². The molecule has 1 aliphatic rings. The summed E-state index contributed by atoms with van der Waals surface area (Å²) < 4.78 is 16.6. The van der Waals surface area contributed by atoms with E-state index in [1.54, 1.807) is 7.11 Å². The standard InChI is InChI=1S/C20H24N2O4.ClH/c1-14-19(21-11-12-25-14)20(23)22-13-15-7-9-16(10-8-15)26-18-6-4-3-5-17(18)24-2;/h3-10,14,19,21H,11-13H2,1-2H3,(H,22,23);1H/t14-,19+;/m1./s1. The van der Waals surface area contributed by atoms with Crippen molar-refractivity contribution in [2.75, 3.05) is 20.3 Å². The number of carbonyl (C=O) groups is 1. The van der Waals surface area contributed by atoms with Crippen molar-refractivity contribution in [2.24, 2.45) is 0 Å². The van der Waals surface area contributed by atoms with Crippen molar-refractivity contribution in [1.82, 2.24) is 10.6 Å². The molecular formula is C20H25ClN2O4. The predicted molar refractivity (Wildman–Crippen MR) is 106 cm³/mol. The second-order valence-corrected chi connectivity index (χ2v) is 6.12. The third-order valence-corrected chi connectivity index (χ3v) is 4.29. The maximum atomic E-state index is 12.3. The number of halogens is 1. The van der Waals surface area contributed by atoms with Crippen molar-refractivity contribution < 1.29 is 19.0 Å². The Hall–Kier alpha value is -2.28. The molecular weight excluding hydrogens is 368 g/mol. The third-order valence-electron chi connectivity index (χ3n) is 4.29. The Bertz CT molecular complexity index is 739. The average molecular weight is 393 g/mol. The number of methoxy groups -OCH3 is 1. The van der Waals surface area contributed by atoms with E-state index in [0.29, 0.717) is 36.9 Å². The van der Waals surface area contributed by atoms with E-state index >= 15 is 0 Å². The number of para-hydroxylation sites is 2. The molecule has 0 aliphatic carbocycles. The Morgan fingerprint density at radius 2 is 1.89 bits per heavy atom. The molecule has 146 valence electrons. The van der Waals surface area contributed by atoms with Gasteiger partial charge in [0.15, 0.2) is 11.5 Å². The largest absolute Gasteiger partial charge is 0.493 e. The molecule has 2 aromatic carbocycles. The lowest BCUT2D eigenvalue weighted by Crippen LogP contribution is -2.55. The molecule has 1 aliphatic heterocycles. The maximum absolute atomic E-state index is 12.3. The fourth-order valence-corrected chi connectivity index (χ4v) is 2.83. The van der Waals surface area contributed by atoms with E-state index in [4.69, 9.17) is 14.2 Å². The summed E-state index contributed by atoms with van der Waals surface area (Å²) in [5.41, 5.74) is 0.995. The zero-order valence-corrected chi connectivity index (χ0v) is 16.3. The van der Waals surface area contributed by atoms with Crippen molar-refractivity contribution in [1.29, 1.82) is 0 Å². The molecule has 0 aromatic heterocycles. The molecule has 7 heteroatoms. The van der Waals surface area contributed by atoms with Gasteiger partial charge in [0.05, 0.1) is 19.8 Å². The highest BCUT2D eigenvalue weighted by atomic mass is 35.5. The molecule has 1 fully saturated rings. The number of hydrogen-bond acceptors (Lipinski definition) is 5. The zero-order chi connectivity index (χ0) is 18.4. The van der Waals surface area contributed by atoms with Gasteiger partial charge in [0.1, 0.15) is 11.8 Å². The molecule has 0 radical (unpaired) electrons. The molecule has 2 atom stereocenters. The lowest BCUT2D eigenvalue weighted by Gasteiger charge is -2.29. The van der Waals surface area contributed by atoms with Crippen LogP contribution >= 0.6 is 12.4 Å². The van der Waals surface area contributed by atoms with Crippen LogP contribution in [0.2, 0.25) is 0 Å². The van der Waals surface area contributed by atoms with Gasteiger partial charge in [-0.1, -0.05) is 24.3 Å². The molecule has 2 aromatic rings. The fraction of sp³-hybridized carbons (Fsp3) is 0.350. The highest BCUT2D eigenvalue weighted by molar-refractivity contribution is 5.85. The number of morpholine rings is 1. The molecule has 1 saturated heterocycles. The second-order valence-electron chi connectivity index (χ2n) is 6.12. The Balaban J connectivity index is 0.00000261. The molecule has 0 bridgehead atoms. The molecule has 0 spiro atoms. The van der Waals surface area contributed by atoms with E-state index in [-0.39, 0.29) is 30.5 Å². The minimum Gasteiger partial charge on any atom is -0.493 e. The zero-order valence-electron chi connectivity index (χ0n) is 15.4. The van der Waals surface area contributed by atoms with Gasteiger partial charge in [-0.3, -0.25) is 4.79 Å². The van der Waals surface area contributed by atoms with Crippen molar-refractivity contribution in [3.8, 4) is 17.2 Å². The molecule has 27 heavy (non-hydrogen) atoms. The molecule has 3 rings (SSSR count). The average Bonchev–Trinajstić information content (AvgIpc) is 2.68. The van der Waals surface area contributed by atoms with Crippen LogP contribution in [0.1, 0.15) is 12.5 Å². The molecule has 1 heterocycles. The monoisotopic (exact) mass is 392 g/mol. The maximum Gasteiger partial charge on any atom is 0.240 e. The van der Waals surface area contributed by atoms with Crippen LogP contribution in [0.5, 0.6) is 17.2 Å². The summed E-state index contributed by atoms with van der Waals surface area (Å²) >= 11 is 0. The van der Waals surface area contributed by atoms with Crippen molar-refractivity contribution in [3.05, 3.63) is 54.1 Å². The first-order valence-corrected chi connectivity index (χ1v) is 8.70. The summed E-state index contributed by atoms with van der Waals surface area (Å²) in [4.78, 5) is 12.3. The van der Waals surface area contributed by atoms with Crippen LogP contribution in [-0.2, 0) is 16.1 Å². The van der Waals surface area contributed by atoms with E-state index in [9.17, 15) is 4.79 Å². The third kappa shape index (κ3) is 5.60. The van der Waals surface area contributed by atoms with Gasteiger partial charge in [0, 0.05) is 13.1 Å². The van der Waals surface area contributed by atoms with E-state index in [1.807, 2.05) is 55.5 Å². The number of nitrogens with one attached hydrogen (secondary N) is 2. The molecule has 2 N–H and O–H groups in total. The summed E-state index contributed by atoms with van der Waals surface area (Å²) in [7, 11) is 1.61. The van der Waals surface area contributed by atoms with E-state index in [0.717, 1.165) is 5.56 Å². The first-order valence-electron chi connectivity index (χ1n) is 8.70. The lowest BCUT2D eigenvalue weighted by molar-refractivity contribution is -0.129. The van der Waals surface area contributed by atoms with Crippen LogP contribution in [0.4, 0.5) is 0 Å². The second kappa shape index (κ2) is 10.2. The first-order chi connectivity index (χ1) is 12.7. The van der Waals surface area contributed by atoms with Gasteiger partial charge in [-0.05, 0) is 36.8 Å². The Morgan fingerprint density at radius 1 is 1.19 bits per heavy atom. The summed E-state index contributed by atoms with van der Waals surface area (Å²) in [6.45, 7) is 3.69. The minimum atomic E-state index is -0.308. The molecule has 1 amide bonds. The number of rotatable bonds is 6. The highest BCUT2D eigenvalue weighted by Gasteiger charge is 2.27. The number of hydrogen-bond donors (Lipinski definition) is 2. The van der Waals surface area contributed by atoms with Crippen LogP contribution in [-0.4, -0.2) is 38.3 Å². The number of ether oxygens (including phenoxy) is 3. The lowest BCUT2D eigenvalue weighted by atomic mass is 10.1. The fourth-order valence-electron chi connectivity index (χ4n) is 2.83. The predicted octanol–water partition coefficient (Wildman–Crippen LogP) is 2.90. The molecule has 0 unspecified atom stereocenters. The quantitative estimate of drug-likeness (QED) is 0.791. The number of carbonyl (C=O) groups excluding carboxylic acids is 1. The van der Waals surface area contributed by atoms with E-state index in [2.05, 4.69) is 10.6 Å². The molecule has 0 saturated carbocycles. The van der Waals surface area contributed by atoms with Gasteiger partial charge < -0.3 is 24.8 Å². The minimum absolute atomic E-state index is 0. The summed E-state index contributed by atoms with van der Waals surface area (Å²) in [6.07, 6.45) is -0.125. The van der Waals surface area contributed by atoms with Gasteiger partial charge in [0.2, 0.25) is 5.91 Å². The van der Waals surface area contributed by atoms with Crippen LogP contribution < -0.4 is 20.1 Å². The normalized spacial score (nSPS) is 18.9. The van der Waals surface area contributed by atoms with Crippen LogP contribution in [0.3, 0.4) is 0 Å². The van der Waals surface area contributed by atoms with Crippen molar-refractivity contribution in [3.63, 3.8) is 0 Å².